The van der Waals surface area contributed by atoms with Gasteiger partial charge in [-0.3, -0.25) is 0 Å². The molecule has 0 fully saturated rings. The normalized spacial score (nSPS) is 11.1. The molecule has 0 aliphatic heterocycles. The van der Waals surface area contributed by atoms with Crippen LogP contribution in [-0.4, -0.2) is 7.11 Å². The van der Waals surface area contributed by atoms with Crippen molar-refractivity contribution >= 4 is 11.3 Å². The highest BCUT2D eigenvalue weighted by molar-refractivity contribution is 7.10. The van der Waals surface area contributed by atoms with Gasteiger partial charge in [-0.2, -0.15) is 0 Å². The zero-order valence-electron chi connectivity index (χ0n) is 12.0. The monoisotopic (exact) mass is 275 g/mol. The smallest absolute Gasteiger partial charge is 0.126 e. The lowest BCUT2D eigenvalue weighted by Crippen LogP contribution is -1.99. The van der Waals surface area contributed by atoms with E-state index in [9.17, 15) is 0 Å². The van der Waals surface area contributed by atoms with Gasteiger partial charge in [0.2, 0.25) is 0 Å². The molecule has 0 unspecified atom stereocenters. The van der Waals surface area contributed by atoms with E-state index < -0.39 is 0 Å². The number of methoxy groups -OCH3 is 1. The van der Waals surface area contributed by atoms with Crippen LogP contribution in [0.2, 0.25) is 0 Å². The van der Waals surface area contributed by atoms with Gasteiger partial charge in [-0.1, -0.05) is 19.9 Å². The second-order valence-corrected chi connectivity index (χ2v) is 6.09. The average Bonchev–Trinajstić information content (AvgIpc) is 2.78. The van der Waals surface area contributed by atoms with E-state index in [0.717, 1.165) is 11.3 Å². The Hall–Kier alpha value is -1.32. The lowest BCUT2D eigenvalue weighted by atomic mass is 9.95. The fourth-order valence-corrected chi connectivity index (χ4v) is 3.19. The molecule has 0 amide bonds. The SMILES string of the molecule is COc1ccc(C(C)C)cc1-c1c(CN)csc1C. The zero-order valence-corrected chi connectivity index (χ0v) is 12.8. The lowest BCUT2D eigenvalue weighted by Gasteiger charge is -2.14. The third-order valence-electron chi connectivity index (χ3n) is 3.43. The highest BCUT2D eigenvalue weighted by Crippen LogP contribution is 2.39. The number of hydrogen-bond donors (Lipinski definition) is 1. The summed E-state index contributed by atoms with van der Waals surface area (Å²) >= 11 is 1.75. The van der Waals surface area contributed by atoms with Gasteiger partial charge in [-0.05, 0) is 41.5 Å². The molecule has 1 aromatic heterocycles. The predicted molar refractivity (Wildman–Crippen MR) is 83.0 cm³/mol. The van der Waals surface area contributed by atoms with Gasteiger partial charge in [0.1, 0.15) is 5.75 Å². The van der Waals surface area contributed by atoms with Crippen LogP contribution in [0, 0.1) is 6.92 Å². The number of thiophene rings is 1. The zero-order chi connectivity index (χ0) is 14.0. The molecule has 102 valence electrons. The number of rotatable bonds is 4. The Kier molecular flexibility index (Phi) is 4.27. The van der Waals surface area contributed by atoms with Gasteiger partial charge < -0.3 is 10.5 Å². The molecule has 0 saturated heterocycles. The van der Waals surface area contributed by atoms with Crippen LogP contribution in [-0.2, 0) is 6.54 Å². The van der Waals surface area contributed by atoms with Gasteiger partial charge >= 0.3 is 0 Å². The third kappa shape index (κ3) is 2.67. The molecule has 2 N–H and O–H groups in total. The van der Waals surface area contributed by atoms with Crippen LogP contribution < -0.4 is 10.5 Å². The third-order valence-corrected chi connectivity index (χ3v) is 4.39. The Morgan fingerprint density at radius 2 is 2.05 bits per heavy atom. The summed E-state index contributed by atoms with van der Waals surface area (Å²) in [4.78, 5) is 1.29. The number of nitrogens with two attached hydrogens (primary N) is 1. The van der Waals surface area contributed by atoms with Gasteiger partial charge in [0.25, 0.3) is 0 Å². The first kappa shape index (κ1) is 14.1. The quantitative estimate of drug-likeness (QED) is 0.902. The van der Waals surface area contributed by atoms with E-state index in [1.807, 2.05) is 0 Å². The Balaban J connectivity index is 2.65. The van der Waals surface area contributed by atoms with E-state index in [1.165, 1.54) is 21.6 Å². The average molecular weight is 275 g/mol. The molecular weight excluding hydrogens is 254 g/mol. The lowest BCUT2D eigenvalue weighted by molar-refractivity contribution is 0.416. The first-order valence-corrected chi connectivity index (χ1v) is 7.41. The maximum Gasteiger partial charge on any atom is 0.126 e. The fourth-order valence-electron chi connectivity index (χ4n) is 2.30. The maximum atomic E-state index is 5.86. The van der Waals surface area contributed by atoms with Crippen LogP contribution in [0.1, 0.15) is 35.8 Å². The van der Waals surface area contributed by atoms with E-state index >= 15 is 0 Å². The highest BCUT2D eigenvalue weighted by Gasteiger charge is 2.15. The maximum absolute atomic E-state index is 5.86. The Bertz CT molecular complexity index is 572. The molecule has 1 aromatic carbocycles. The fraction of sp³-hybridized carbons (Fsp3) is 0.375. The van der Waals surface area contributed by atoms with Crippen molar-refractivity contribution in [1.29, 1.82) is 0 Å². The van der Waals surface area contributed by atoms with E-state index in [0.29, 0.717) is 12.5 Å². The Morgan fingerprint density at radius 1 is 1.32 bits per heavy atom. The largest absolute Gasteiger partial charge is 0.496 e. The summed E-state index contributed by atoms with van der Waals surface area (Å²) in [6.45, 7) is 7.11. The molecule has 2 nitrogen and oxygen atoms in total. The van der Waals surface area contributed by atoms with Gasteiger partial charge in [-0.15, -0.1) is 11.3 Å². The molecule has 1 heterocycles. The molecule has 0 aliphatic carbocycles. The van der Waals surface area contributed by atoms with Gasteiger partial charge in [0.05, 0.1) is 7.11 Å². The van der Waals surface area contributed by atoms with Crippen molar-refractivity contribution in [1.82, 2.24) is 0 Å². The second-order valence-electron chi connectivity index (χ2n) is 5.01. The summed E-state index contributed by atoms with van der Waals surface area (Å²) in [6.07, 6.45) is 0. The first-order chi connectivity index (χ1) is 9.08. The van der Waals surface area contributed by atoms with E-state index in [2.05, 4.69) is 44.4 Å². The van der Waals surface area contributed by atoms with Crippen molar-refractivity contribution in [3.63, 3.8) is 0 Å². The highest BCUT2D eigenvalue weighted by atomic mass is 32.1. The van der Waals surface area contributed by atoms with Crippen molar-refractivity contribution in [2.75, 3.05) is 7.11 Å². The molecule has 2 aromatic rings. The van der Waals surface area contributed by atoms with Crippen LogP contribution in [0.25, 0.3) is 11.1 Å². The van der Waals surface area contributed by atoms with Crippen LogP contribution in [0.5, 0.6) is 5.75 Å². The molecule has 19 heavy (non-hydrogen) atoms. The number of ether oxygens (including phenoxy) is 1. The van der Waals surface area contributed by atoms with Crippen LogP contribution in [0.3, 0.4) is 0 Å². The molecule has 0 radical (unpaired) electrons. The number of benzene rings is 1. The number of aryl methyl sites for hydroxylation is 1. The van der Waals surface area contributed by atoms with E-state index in [-0.39, 0.29) is 0 Å². The minimum Gasteiger partial charge on any atom is -0.496 e. The molecule has 0 atom stereocenters. The molecule has 0 bridgehead atoms. The molecule has 0 spiro atoms. The van der Waals surface area contributed by atoms with Crippen LogP contribution >= 0.6 is 11.3 Å². The molecule has 0 aliphatic rings. The van der Waals surface area contributed by atoms with Crippen molar-refractivity contribution in [3.05, 3.63) is 39.6 Å². The van der Waals surface area contributed by atoms with Crippen molar-refractivity contribution < 1.29 is 4.74 Å². The Labute approximate surface area is 119 Å². The Morgan fingerprint density at radius 3 is 2.63 bits per heavy atom. The topological polar surface area (TPSA) is 35.2 Å². The molecule has 3 heteroatoms. The van der Waals surface area contributed by atoms with Crippen LogP contribution in [0.15, 0.2) is 23.6 Å². The standard InChI is InChI=1S/C16H21NOS/c1-10(2)12-5-6-15(18-4)14(7-12)16-11(3)19-9-13(16)8-17/h5-7,9-10H,8,17H2,1-4H3. The minimum atomic E-state index is 0.505. The number of hydrogen-bond acceptors (Lipinski definition) is 3. The summed E-state index contributed by atoms with van der Waals surface area (Å²) in [7, 11) is 1.72. The summed E-state index contributed by atoms with van der Waals surface area (Å²) < 4.78 is 5.52. The van der Waals surface area contributed by atoms with Crippen molar-refractivity contribution in [2.24, 2.45) is 5.73 Å². The van der Waals surface area contributed by atoms with Gasteiger partial charge in [0, 0.05) is 22.5 Å². The molecular formula is C16H21NOS. The van der Waals surface area contributed by atoms with Crippen LogP contribution in [0.4, 0.5) is 0 Å². The van der Waals surface area contributed by atoms with E-state index in [4.69, 9.17) is 10.5 Å². The van der Waals surface area contributed by atoms with Crippen molar-refractivity contribution in [2.45, 2.75) is 33.2 Å². The summed E-state index contributed by atoms with van der Waals surface area (Å²) in [5.74, 6) is 1.42. The minimum absolute atomic E-state index is 0.505. The van der Waals surface area contributed by atoms with E-state index in [1.54, 1.807) is 18.4 Å². The molecule has 0 saturated carbocycles. The molecule has 2 rings (SSSR count). The summed E-state index contributed by atoms with van der Waals surface area (Å²) in [6, 6.07) is 6.43. The predicted octanol–water partition coefficient (Wildman–Crippen LogP) is 4.31. The second kappa shape index (κ2) is 5.76. The summed E-state index contributed by atoms with van der Waals surface area (Å²) in [5, 5.41) is 2.14. The van der Waals surface area contributed by atoms with Gasteiger partial charge in [0.15, 0.2) is 0 Å². The van der Waals surface area contributed by atoms with Crippen molar-refractivity contribution in [3.8, 4) is 16.9 Å². The first-order valence-electron chi connectivity index (χ1n) is 6.53. The van der Waals surface area contributed by atoms with Gasteiger partial charge in [-0.25, -0.2) is 0 Å². The summed E-state index contributed by atoms with van der Waals surface area (Å²) in [5.41, 5.74) is 10.8.